The van der Waals surface area contributed by atoms with Gasteiger partial charge in [-0.1, -0.05) is 12.1 Å². The number of nitrogens with zero attached hydrogens (tertiary/aromatic N) is 3. The number of ether oxygens (including phenoxy) is 2. The van der Waals surface area contributed by atoms with Crippen LogP contribution >= 0.6 is 0 Å². The van der Waals surface area contributed by atoms with Gasteiger partial charge in [-0.15, -0.1) is 0 Å². The van der Waals surface area contributed by atoms with Crippen LogP contribution in [0.5, 0.6) is 11.5 Å². The summed E-state index contributed by atoms with van der Waals surface area (Å²) in [5, 5.41) is 7.46. The lowest BCUT2D eigenvalue weighted by Gasteiger charge is -2.28. The first-order valence-corrected chi connectivity index (χ1v) is 8.09. The van der Waals surface area contributed by atoms with E-state index in [4.69, 9.17) is 21.1 Å². The zero-order valence-electron chi connectivity index (χ0n) is 15.3. The zero-order chi connectivity index (χ0) is 18.4. The van der Waals surface area contributed by atoms with Gasteiger partial charge < -0.3 is 20.1 Å². The topological polar surface area (TPSA) is 89.3 Å². The third-order valence-corrected chi connectivity index (χ3v) is 4.14. The Hall–Kier alpha value is -2.51. The summed E-state index contributed by atoms with van der Waals surface area (Å²) in [6, 6.07) is 9.81. The Kier molecular flexibility index (Phi) is 6.44. The second-order valence-corrected chi connectivity index (χ2v) is 6.03. The Morgan fingerprint density at radius 1 is 1.16 bits per heavy atom. The van der Waals surface area contributed by atoms with Gasteiger partial charge >= 0.3 is 0 Å². The highest BCUT2D eigenvalue weighted by Gasteiger charge is 2.22. The highest BCUT2D eigenvalue weighted by Crippen LogP contribution is 2.37. The van der Waals surface area contributed by atoms with Crippen molar-refractivity contribution in [3.8, 4) is 11.5 Å². The van der Waals surface area contributed by atoms with E-state index in [1.165, 1.54) is 11.5 Å². The summed E-state index contributed by atoms with van der Waals surface area (Å²) < 4.78 is 11.1. The van der Waals surface area contributed by atoms with Gasteiger partial charge in [-0.05, 0) is 50.6 Å². The van der Waals surface area contributed by atoms with Crippen molar-refractivity contribution < 1.29 is 9.47 Å². The predicted molar refractivity (Wildman–Crippen MR) is 102 cm³/mol. The maximum Gasteiger partial charge on any atom is 0.126 e. The summed E-state index contributed by atoms with van der Waals surface area (Å²) in [6.07, 6.45) is 1.96. The number of nitrogens with two attached hydrogens (primary N) is 2. The number of rotatable bonds is 8. The van der Waals surface area contributed by atoms with Gasteiger partial charge in [0.05, 0.1) is 20.3 Å². The van der Waals surface area contributed by atoms with Gasteiger partial charge in [0.2, 0.25) is 0 Å². The number of hydrazone groups is 1. The van der Waals surface area contributed by atoms with Gasteiger partial charge in [0, 0.05) is 10.9 Å². The van der Waals surface area contributed by atoms with Gasteiger partial charge in [0.15, 0.2) is 0 Å². The molecule has 4 N–H and O–H groups in total. The number of hydrogen-bond acceptors (Lipinski definition) is 6. The second-order valence-electron chi connectivity index (χ2n) is 6.03. The lowest BCUT2D eigenvalue weighted by atomic mass is 9.98. The molecule has 2 aromatic rings. The second kappa shape index (κ2) is 8.55. The maximum atomic E-state index is 6.13. The molecule has 0 saturated carbocycles. The van der Waals surface area contributed by atoms with E-state index in [0.717, 1.165) is 40.8 Å². The summed E-state index contributed by atoms with van der Waals surface area (Å²) in [4.78, 5) is 2.10. The van der Waals surface area contributed by atoms with Crippen molar-refractivity contribution in [1.82, 2.24) is 10.0 Å². The molecule has 7 heteroatoms. The molecule has 0 radical (unpaired) electrons. The molecule has 0 saturated heterocycles. The zero-order valence-corrected chi connectivity index (χ0v) is 15.3. The van der Waals surface area contributed by atoms with Crippen LogP contribution in [0.3, 0.4) is 0 Å². The Morgan fingerprint density at radius 2 is 1.88 bits per heavy atom. The molecular weight excluding hydrogens is 318 g/mol. The van der Waals surface area contributed by atoms with Crippen molar-refractivity contribution >= 4 is 17.1 Å². The van der Waals surface area contributed by atoms with Gasteiger partial charge in [0.1, 0.15) is 17.8 Å². The van der Waals surface area contributed by atoms with Gasteiger partial charge in [-0.2, -0.15) is 5.10 Å². The van der Waals surface area contributed by atoms with E-state index in [0.29, 0.717) is 0 Å². The predicted octanol–water partition coefficient (Wildman–Crippen LogP) is 1.93. The molecular formula is C18H27N5O2. The third-order valence-electron chi connectivity index (χ3n) is 4.14. The van der Waals surface area contributed by atoms with E-state index in [1.807, 2.05) is 38.4 Å². The van der Waals surface area contributed by atoms with Crippen molar-refractivity contribution in [2.75, 3.05) is 34.9 Å². The lowest BCUT2D eigenvalue weighted by molar-refractivity contribution is 0.184. The van der Waals surface area contributed by atoms with Crippen LogP contribution in [0, 0.1) is 0 Å². The first-order valence-electron chi connectivity index (χ1n) is 8.09. The van der Waals surface area contributed by atoms with Crippen LogP contribution in [0.4, 0.5) is 0 Å². The molecule has 0 bridgehead atoms. The van der Waals surface area contributed by atoms with E-state index in [-0.39, 0.29) is 6.04 Å². The van der Waals surface area contributed by atoms with Crippen molar-refractivity contribution in [2.24, 2.45) is 16.7 Å². The van der Waals surface area contributed by atoms with Gasteiger partial charge in [-0.3, -0.25) is 0 Å². The van der Waals surface area contributed by atoms with Crippen LogP contribution in [-0.4, -0.2) is 51.2 Å². The molecule has 1 unspecified atom stereocenters. The Bertz CT molecular complexity index is 733. The molecule has 0 aromatic heterocycles. The van der Waals surface area contributed by atoms with Gasteiger partial charge in [-0.25, -0.2) is 11.0 Å². The van der Waals surface area contributed by atoms with Crippen LogP contribution < -0.4 is 21.1 Å². The molecule has 7 nitrogen and oxygen atoms in total. The Morgan fingerprint density at radius 3 is 2.48 bits per heavy atom. The van der Waals surface area contributed by atoms with Crippen LogP contribution in [0.2, 0.25) is 0 Å². The summed E-state index contributed by atoms with van der Waals surface area (Å²) in [5.41, 5.74) is 6.39. The normalized spacial score (nSPS) is 12.7. The standard InChI is InChI=1S/C18H27N5O2/c1-22(2)9-8-16(23(20)21-12-19)15-10-13-6-5-7-17(24-3)14(13)11-18(15)25-4/h5-7,10-12,16H,8-9,20H2,1-4H3,(H2,19,21). The molecule has 1 atom stereocenters. The molecule has 0 amide bonds. The van der Waals surface area contributed by atoms with Crippen molar-refractivity contribution in [1.29, 1.82) is 0 Å². The Labute approximate surface area is 148 Å². The highest BCUT2D eigenvalue weighted by molar-refractivity contribution is 5.90. The molecule has 2 aromatic carbocycles. The molecule has 25 heavy (non-hydrogen) atoms. The number of hydrazine groups is 1. The van der Waals surface area contributed by atoms with Gasteiger partial charge in [0.25, 0.3) is 0 Å². The molecule has 0 fully saturated rings. The molecule has 0 heterocycles. The first kappa shape index (κ1) is 18.8. The summed E-state index contributed by atoms with van der Waals surface area (Å²) in [5.74, 6) is 7.67. The van der Waals surface area contributed by atoms with Crippen LogP contribution in [0.15, 0.2) is 35.4 Å². The molecule has 0 aliphatic carbocycles. The van der Waals surface area contributed by atoms with Crippen molar-refractivity contribution in [3.63, 3.8) is 0 Å². The fraction of sp³-hybridized carbons (Fsp3) is 0.389. The lowest BCUT2D eigenvalue weighted by Crippen LogP contribution is -2.33. The van der Waals surface area contributed by atoms with E-state index < -0.39 is 0 Å². The van der Waals surface area contributed by atoms with E-state index >= 15 is 0 Å². The number of methoxy groups -OCH3 is 2. The largest absolute Gasteiger partial charge is 0.496 e. The van der Waals surface area contributed by atoms with Crippen LogP contribution in [0.1, 0.15) is 18.0 Å². The minimum absolute atomic E-state index is 0.173. The Balaban J connectivity index is 2.56. The van der Waals surface area contributed by atoms with E-state index in [2.05, 4.69) is 16.1 Å². The maximum absolute atomic E-state index is 6.13. The first-order chi connectivity index (χ1) is 12.0. The van der Waals surface area contributed by atoms with Crippen molar-refractivity contribution in [3.05, 3.63) is 35.9 Å². The average molecular weight is 345 g/mol. The number of fused-ring (bicyclic) bond motifs is 1. The monoisotopic (exact) mass is 345 g/mol. The number of benzene rings is 2. The van der Waals surface area contributed by atoms with Crippen LogP contribution in [0.25, 0.3) is 10.8 Å². The molecule has 2 rings (SSSR count). The van der Waals surface area contributed by atoms with Crippen LogP contribution in [-0.2, 0) is 0 Å². The molecule has 0 aliphatic rings. The quantitative estimate of drug-likeness (QED) is 0.329. The highest BCUT2D eigenvalue weighted by atomic mass is 16.5. The summed E-state index contributed by atoms with van der Waals surface area (Å²) in [6.45, 7) is 0.845. The van der Waals surface area contributed by atoms with E-state index in [9.17, 15) is 0 Å². The molecule has 0 aliphatic heterocycles. The fourth-order valence-electron chi connectivity index (χ4n) is 2.88. The van der Waals surface area contributed by atoms with E-state index in [1.54, 1.807) is 14.2 Å². The molecule has 136 valence electrons. The fourth-order valence-corrected chi connectivity index (χ4v) is 2.88. The SMILES string of the molecule is COc1cc2c(OC)cccc2cc1C(CCN(C)C)N(N)/N=C\N. The summed E-state index contributed by atoms with van der Waals surface area (Å²) in [7, 11) is 7.35. The third kappa shape index (κ3) is 4.32. The smallest absolute Gasteiger partial charge is 0.126 e. The van der Waals surface area contributed by atoms with Crippen molar-refractivity contribution in [2.45, 2.75) is 12.5 Å². The average Bonchev–Trinajstić information content (AvgIpc) is 2.60. The minimum atomic E-state index is -0.173. The molecule has 0 spiro atoms. The number of hydrogen-bond donors (Lipinski definition) is 2. The summed E-state index contributed by atoms with van der Waals surface area (Å²) >= 11 is 0. The minimum Gasteiger partial charge on any atom is -0.496 e.